The average Bonchev–Trinajstić information content (AvgIpc) is 2.68. The molecule has 3 aromatic rings. The number of carbonyl (C=O) groups excluding carboxylic acids is 1. The number of nitrogens with one attached hydrogen (secondary N) is 1. The van der Waals surface area contributed by atoms with Crippen LogP contribution in [0, 0.1) is 5.82 Å². The first kappa shape index (κ1) is 19.8. The van der Waals surface area contributed by atoms with E-state index in [0.717, 1.165) is 35.9 Å². The van der Waals surface area contributed by atoms with Crippen molar-refractivity contribution in [3.05, 3.63) is 95.3 Å². The van der Waals surface area contributed by atoms with Gasteiger partial charge in [0.2, 0.25) is 0 Å². The maximum Gasteiger partial charge on any atom is 0.256 e. The smallest absolute Gasteiger partial charge is 0.256 e. The van der Waals surface area contributed by atoms with Crippen molar-refractivity contribution < 1.29 is 17.6 Å². The van der Waals surface area contributed by atoms with Crippen molar-refractivity contribution in [3.8, 4) is 0 Å². The van der Waals surface area contributed by atoms with Crippen molar-refractivity contribution in [2.24, 2.45) is 0 Å². The summed E-state index contributed by atoms with van der Waals surface area (Å²) in [6.07, 6.45) is 2.45. The summed E-state index contributed by atoms with van der Waals surface area (Å²) in [4.78, 5) is 12.7. The van der Waals surface area contributed by atoms with Gasteiger partial charge in [0.1, 0.15) is 5.82 Å². The molecule has 0 saturated carbocycles. The number of amides is 1. The van der Waals surface area contributed by atoms with E-state index in [-0.39, 0.29) is 10.6 Å². The average molecular weight is 397 g/mol. The molecule has 0 heterocycles. The van der Waals surface area contributed by atoms with Crippen LogP contribution in [0.25, 0.3) is 0 Å². The van der Waals surface area contributed by atoms with Crippen LogP contribution in [-0.4, -0.2) is 20.6 Å². The lowest BCUT2D eigenvalue weighted by Gasteiger charge is -2.12. The molecule has 0 aliphatic rings. The molecule has 0 fully saturated rings. The first-order valence-electron chi connectivity index (χ1n) is 8.77. The lowest BCUT2D eigenvalue weighted by atomic mass is 9.99. The van der Waals surface area contributed by atoms with Gasteiger partial charge in [-0.25, -0.2) is 12.8 Å². The molecule has 0 aliphatic heterocycles. The lowest BCUT2D eigenvalue weighted by Crippen LogP contribution is -2.16. The van der Waals surface area contributed by atoms with E-state index in [2.05, 4.69) is 5.32 Å². The van der Waals surface area contributed by atoms with E-state index in [0.29, 0.717) is 12.0 Å². The minimum absolute atomic E-state index is 0.0541. The minimum Gasteiger partial charge on any atom is -0.319 e. The predicted molar refractivity (Wildman–Crippen MR) is 108 cm³/mol. The molecule has 0 spiro atoms. The second kappa shape index (κ2) is 8.35. The Morgan fingerprint density at radius 1 is 0.929 bits per heavy atom. The Balaban J connectivity index is 1.82. The largest absolute Gasteiger partial charge is 0.319 e. The highest BCUT2D eigenvalue weighted by Gasteiger charge is 2.16. The zero-order valence-electron chi connectivity index (χ0n) is 15.4. The molecule has 3 aromatic carbocycles. The van der Waals surface area contributed by atoms with Gasteiger partial charge in [-0.1, -0.05) is 48.5 Å². The summed E-state index contributed by atoms with van der Waals surface area (Å²) in [6, 6.07) is 20.4. The fraction of sp³-hybridized carbons (Fsp3) is 0.136. The highest BCUT2D eigenvalue weighted by atomic mass is 32.2. The molecule has 0 bridgehead atoms. The fourth-order valence-electron chi connectivity index (χ4n) is 2.90. The van der Waals surface area contributed by atoms with Crippen LogP contribution in [0.3, 0.4) is 0 Å². The van der Waals surface area contributed by atoms with Gasteiger partial charge in [0.25, 0.3) is 5.91 Å². The summed E-state index contributed by atoms with van der Waals surface area (Å²) in [5.74, 6) is -1.17. The first-order valence-corrected chi connectivity index (χ1v) is 10.7. The molecule has 0 radical (unpaired) electrons. The summed E-state index contributed by atoms with van der Waals surface area (Å²) < 4.78 is 37.5. The van der Waals surface area contributed by atoms with Crippen molar-refractivity contribution >= 4 is 21.4 Å². The highest BCUT2D eigenvalue weighted by molar-refractivity contribution is 7.90. The monoisotopic (exact) mass is 397 g/mol. The Kier molecular flexibility index (Phi) is 5.90. The molecule has 144 valence electrons. The fourth-order valence-corrected chi connectivity index (χ4v) is 3.55. The van der Waals surface area contributed by atoms with Crippen LogP contribution in [0.4, 0.5) is 10.1 Å². The zero-order chi connectivity index (χ0) is 20.1. The minimum atomic E-state index is -3.51. The third-order valence-corrected chi connectivity index (χ3v) is 5.51. The normalized spacial score (nSPS) is 11.2. The Labute approximate surface area is 164 Å². The summed E-state index contributed by atoms with van der Waals surface area (Å²) >= 11 is 0. The molecule has 1 amide bonds. The second-order valence-electron chi connectivity index (χ2n) is 6.51. The molecule has 0 saturated heterocycles. The summed E-state index contributed by atoms with van der Waals surface area (Å²) in [5.41, 5.74) is 2.27. The van der Waals surface area contributed by atoms with Crippen LogP contribution in [0.1, 0.15) is 21.5 Å². The van der Waals surface area contributed by atoms with Crippen molar-refractivity contribution in [2.45, 2.75) is 17.7 Å². The lowest BCUT2D eigenvalue weighted by molar-refractivity contribution is 0.102. The van der Waals surface area contributed by atoms with E-state index in [1.807, 2.05) is 42.5 Å². The van der Waals surface area contributed by atoms with Crippen molar-refractivity contribution in [2.75, 3.05) is 11.6 Å². The number of halogens is 1. The van der Waals surface area contributed by atoms with Gasteiger partial charge in [-0.3, -0.25) is 4.79 Å². The Morgan fingerprint density at radius 3 is 2.32 bits per heavy atom. The van der Waals surface area contributed by atoms with E-state index in [4.69, 9.17) is 0 Å². The van der Waals surface area contributed by atoms with Gasteiger partial charge in [-0.2, -0.15) is 0 Å². The van der Waals surface area contributed by atoms with Crippen LogP contribution in [-0.2, 0) is 22.7 Å². The number of anilines is 1. The van der Waals surface area contributed by atoms with Crippen molar-refractivity contribution in [1.29, 1.82) is 0 Å². The van der Waals surface area contributed by atoms with Crippen molar-refractivity contribution in [1.82, 2.24) is 0 Å². The molecule has 0 atom stereocenters. The van der Waals surface area contributed by atoms with E-state index in [9.17, 15) is 17.6 Å². The molecule has 4 nitrogen and oxygen atoms in total. The van der Waals surface area contributed by atoms with Crippen LogP contribution >= 0.6 is 0 Å². The number of hydrogen-bond acceptors (Lipinski definition) is 3. The number of rotatable bonds is 6. The van der Waals surface area contributed by atoms with Crippen LogP contribution in [0.2, 0.25) is 0 Å². The van der Waals surface area contributed by atoms with Crippen molar-refractivity contribution in [3.63, 3.8) is 0 Å². The van der Waals surface area contributed by atoms with Crippen LogP contribution < -0.4 is 5.32 Å². The van der Waals surface area contributed by atoms with E-state index < -0.39 is 21.6 Å². The molecule has 0 unspecified atom stereocenters. The van der Waals surface area contributed by atoms with E-state index in [1.54, 1.807) is 12.1 Å². The Bertz CT molecular complexity index is 1100. The molecule has 3 rings (SSSR count). The highest BCUT2D eigenvalue weighted by Crippen LogP contribution is 2.21. The van der Waals surface area contributed by atoms with E-state index in [1.165, 1.54) is 6.07 Å². The van der Waals surface area contributed by atoms with Crippen LogP contribution in [0.5, 0.6) is 0 Å². The Hall–Kier alpha value is -2.99. The van der Waals surface area contributed by atoms with Gasteiger partial charge in [-0.15, -0.1) is 0 Å². The maximum absolute atomic E-state index is 14.1. The summed E-state index contributed by atoms with van der Waals surface area (Å²) in [6.45, 7) is 0. The molecule has 0 aliphatic carbocycles. The molecular formula is C22H20FNO3S. The number of aryl methyl sites for hydroxylation is 2. The quantitative estimate of drug-likeness (QED) is 0.632. The van der Waals surface area contributed by atoms with Gasteiger partial charge >= 0.3 is 0 Å². The first-order chi connectivity index (χ1) is 13.3. The summed E-state index contributed by atoms with van der Waals surface area (Å²) in [5, 5.41) is 2.50. The van der Waals surface area contributed by atoms with Gasteiger partial charge in [-0.05, 0) is 48.2 Å². The van der Waals surface area contributed by atoms with Gasteiger partial charge < -0.3 is 5.32 Å². The number of hydrogen-bond donors (Lipinski definition) is 1. The molecular weight excluding hydrogens is 377 g/mol. The number of benzene rings is 3. The molecule has 0 aromatic heterocycles. The number of carbonyl (C=O) groups is 1. The molecule has 1 N–H and O–H groups in total. The SMILES string of the molecule is CS(=O)(=O)c1ccc(F)c(NC(=O)c2ccccc2CCc2ccccc2)c1. The summed E-state index contributed by atoms with van der Waals surface area (Å²) in [7, 11) is -3.51. The Morgan fingerprint density at radius 2 is 1.61 bits per heavy atom. The van der Waals surface area contributed by atoms with Gasteiger partial charge in [0.05, 0.1) is 10.6 Å². The number of sulfone groups is 1. The van der Waals surface area contributed by atoms with Gasteiger partial charge in [0.15, 0.2) is 9.84 Å². The zero-order valence-corrected chi connectivity index (χ0v) is 16.2. The third-order valence-electron chi connectivity index (χ3n) is 4.40. The van der Waals surface area contributed by atoms with E-state index >= 15 is 0 Å². The maximum atomic E-state index is 14.1. The molecule has 28 heavy (non-hydrogen) atoms. The topological polar surface area (TPSA) is 63.2 Å². The second-order valence-corrected chi connectivity index (χ2v) is 8.53. The standard InChI is InChI=1S/C22H20FNO3S/c1-28(26,27)18-13-14-20(23)21(15-18)24-22(25)19-10-6-5-9-17(19)12-11-16-7-3-2-4-8-16/h2-10,13-15H,11-12H2,1H3,(H,24,25). The predicted octanol–water partition coefficient (Wildman–Crippen LogP) is 4.27. The molecule has 6 heteroatoms. The van der Waals surface area contributed by atoms with Gasteiger partial charge in [0, 0.05) is 11.8 Å². The van der Waals surface area contributed by atoms with Crippen LogP contribution in [0.15, 0.2) is 77.7 Å². The third kappa shape index (κ3) is 4.84.